The molecule has 0 bridgehead atoms. The van der Waals surface area contributed by atoms with Gasteiger partial charge in [-0.05, 0) is 74.9 Å². The highest BCUT2D eigenvalue weighted by atomic mass is 19.1. The lowest BCUT2D eigenvalue weighted by molar-refractivity contribution is -0.126. The molecule has 0 radical (unpaired) electrons. The van der Waals surface area contributed by atoms with E-state index in [1.165, 1.54) is 6.07 Å². The van der Waals surface area contributed by atoms with Crippen molar-refractivity contribution in [1.82, 2.24) is 30.5 Å². The van der Waals surface area contributed by atoms with Crippen LogP contribution in [0.15, 0.2) is 30.7 Å². The van der Waals surface area contributed by atoms with Gasteiger partial charge in [0, 0.05) is 31.2 Å². The van der Waals surface area contributed by atoms with Crippen molar-refractivity contribution < 1.29 is 14.0 Å². The van der Waals surface area contributed by atoms with Crippen LogP contribution in [0.1, 0.15) is 56.8 Å². The maximum Gasteiger partial charge on any atom is 0.314 e. The molecule has 1 aromatic carbocycles. The van der Waals surface area contributed by atoms with Gasteiger partial charge in [-0.2, -0.15) is 0 Å². The van der Waals surface area contributed by atoms with Crippen LogP contribution in [-0.2, 0) is 11.3 Å². The van der Waals surface area contributed by atoms with Crippen LogP contribution in [0.25, 0.3) is 22.2 Å². The monoisotopic (exact) mass is 480 g/mol. The minimum absolute atomic E-state index is 0.00681. The summed E-state index contributed by atoms with van der Waals surface area (Å²) >= 11 is 0. The highest BCUT2D eigenvalue weighted by Gasteiger charge is 2.28. The molecule has 3 amide bonds. The third-order valence-corrected chi connectivity index (χ3v) is 6.71. The van der Waals surface area contributed by atoms with Gasteiger partial charge >= 0.3 is 6.03 Å². The van der Waals surface area contributed by atoms with Crippen LogP contribution in [0.5, 0.6) is 0 Å². The third-order valence-electron chi connectivity index (χ3n) is 6.71. The van der Waals surface area contributed by atoms with E-state index in [9.17, 15) is 14.0 Å². The number of amides is 3. The fourth-order valence-electron chi connectivity index (χ4n) is 4.77. The molecule has 2 aromatic heterocycles. The van der Waals surface area contributed by atoms with Gasteiger partial charge in [0.1, 0.15) is 5.52 Å². The van der Waals surface area contributed by atoms with Gasteiger partial charge in [0.15, 0.2) is 5.82 Å². The molecule has 0 aliphatic heterocycles. The molecule has 2 heterocycles. The molecule has 1 fully saturated rings. The van der Waals surface area contributed by atoms with Gasteiger partial charge in [-0.3, -0.25) is 9.78 Å². The Morgan fingerprint density at radius 2 is 2.00 bits per heavy atom. The van der Waals surface area contributed by atoms with E-state index >= 15 is 0 Å². The number of aryl methyl sites for hydroxylation is 1. The number of rotatable bonds is 6. The minimum atomic E-state index is -0.361. The van der Waals surface area contributed by atoms with Gasteiger partial charge in [0.25, 0.3) is 0 Å². The van der Waals surface area contributed by atoms with Crippen LogP contribution in [0.2, 0.25) is 0 Å². The first-order chi connectivity index (χ1) is 16.8. The van der Waals surface area contributed by atoms with Gasteiger partial charge in [-0.25, -0.2) is 14.2 Å². The third kappa shape index (κ3) is 5.44. The Morgan fingerprint density at radius 3 is 2.74 bits per heavy atom. The molecule has 0 spiro atoms. The van der Waals surface area contributed by atoms with E-state index in [2.05, 4.69) is 25.9 Å². The smallest absolute Gasteiger partial charge is 0.314 e. The zero-order valence-electron chi connectivity index (χ0n) is 20.7. The fraction of sp³-hybridized carbons (Fsp3) is 0.462. The van der Waals surface area contributed by atoms with Gasteiger partial charge in [-0.15, -0.1) is 0 Å². The van der Waals surface area contributed by atoms with Gasteiger partial charge < -0.3 is 20.5 Å². The Hall–Kier alpha value is -3.49. The Bertz CT molecular complexity index is 1240. The first kappa shape index (κ1) is 24.6. The Kier molecular flexibility index (Phi) is 7.33. The first-order valence-corrected chi connectivity index (χ1v) is 12.1. The molecule has 8 nitrogen and oxygen atoms in total. The highest BCUT2D eigenvalue weighted by molar-refractivity contribution is 5.84. The Labute approximate surface area is 204 Å². The van der Waals surface area contributed by atoms with Crippen molar-refractivity contribution in [2.45, 2.75) is 65.1 Å². The van der Waals surface area contributed by atoms with E-state index in [1.807, 2.05) is 37.5 Å². The van der Waals surface area contributed by atoms with Crippen LogP contribution in [-0.4, -0.2) is 39.6 Å². The number of hydrogen-bond donors (Lipinski definition) is 3. The molecule has 3 N–H and O–H groups in total. The second-order valence-corrected chi connectivity index (χ2v) is 9.56. The van der Waals surface area contributed by atoms with Crippen LogP contribution in [0.3, 0.4) is 0 Å². The molecule has 0 saturated heterocycles. The van der Waals surface area contributed by atoms with E-state index < -0.39 is 0 Å². The molecule has 186 valence electrons. The number of carbonyl (C=O) groups is 2. The lowest BCUT2D eigenvalue weighted by Crippen LogP contribution is -2.45. The Balaban J connectivity index is 1.49. The maximum absolute atomic E-state index is 14.9. The number of aromatic nitrogens is 3. The molecular weight excluding hydrogens is 447 g/mol. The molecule has 2 atom stereocenters. The summed E-state index contributed by atoms with van der Waals surface area (Å²) in [6.45, 7) is 6.29. The highest BCUT2D eigenvalue weighted by Crippen LogP contribution is 2.30. The summed E-state index contributed by atoms with van der Waals surface area (Å²) in [6.07, 6.45) is 6.60. The molecule has 1 aliphatic carbocycles. The second kappa shape index (κ2) is 10.4. The van der Waals surface area contributed by atoms with Crippen molar-refractivity contribution in [3.63, 3.8) is 0 Å². The number of fused-ring (bicyclic) bond motifs is 1. The average Bonchev–Trinajstić information content (AvgIpc) is 3.28. The predicted octanol–water partition coefficient (Wildman–Crippen LogP) is 4.23. The number of benzene rings is 1. The number of nitrogens with one attached hydrogen (secondary N) is 3. The molecule has 4 rings (SSSR count). The van der Waals surface area contributed by atoms with Crippen molar-refractivity contribution in [3.05, 3.63) is 47.8 Å². The number of carbonyl (C=O) groups excluding carboxylic acids is 2. The standard InChI is InChI=1S/C26H33FN6O2/c1-15(2)33-14-31-24-22(27)9-18(10-23(24)33)21-11-20(29-12-16(21)3)13-30-25(34)17-6-5-7-19(8-17)32-26(35)28-4/h9-12,14-15,17,19H,5-8,13H2,1-4H3,(H,30,34)(H2,28,32,35)/t17-,19+/m0/s1. The second-order valence-electron chi connectivity index (χ2n) is 9.56. The van der Waals surface area contributed by atoms with Crippen molar-refractivity contribution in [3.8, 4) is 11.1 Å². The quantitative estimate of drug-likeness (QED) is 0.491. The molecule has 1 aliphatic rings. The van der Waals surface area contributed by atoms with Crippen molar-refractivity contribution in [1.29, 1.82) is 0 Å². The summed E-state index contributed by atoms with van der Waals surface area (Å²) in [7, 11) is 1.58. The van der Waals surface area contributed by atoms with Crippen molar-refractivity contribution in [2.24, 2.45) is 5.92 Å². The van der Waals surface area contributed by atoms with Crippen LogP contribution in [0, 0.1) is 18.7 Å². The topological polar surface area (TPSA) is 101 Å². The Morgan fingerprint density at radius 1 is 1.20 bits per heavy atom. The number of halogens is 1. The lowest BCUT2D eigenvalue weighted by Gasteiger charge is -2.28. The number of hydrogen-bond acceptors (Lipinski definition) is 4. The van der Waals surface area contributed by atoms with Gasteiger partial charge in [0.2, 0.25) is 5.91 Å². The molecule has 3 aromatic rings. The minimum Gasteiger partial charge on any atom is -0.350 e. The van der Waals surface area contributed by atoms with Crippen LogP contribution < -0.4 is 16.0 Å². The largest absolute Gasteiger partial charge is 0.350 e. The van der Waals surface area contributed by atoms with Crippen LogP contribution in [0.4, 0.5) is 9.18 Å². The normalized spacial score (nSPS) is 18.0. The number of imidazole rings is 1. The van der Waals surface area contributed by atoms with Gasteiger partial charge in [-0.1, -0.05) is 6.42 Å². The van der Waals surface area contributed by atoms with Crippen molar-refractivity contribution >= 4 is 23.0 Å². The van der Waals surface area contributed by atoms with E-state index in [0.717, 1.165) is 41.5 Å². The summed E-state index contributed by atoms with van der Waals surface area (Å²) < 4.78 is 16.8. The number of urea groups is 1. The number of nitrogens with zero attached hydrogens (tertiary/aromatic N) is 3. The molecular formula is C26H33FN6O2. The fourth-order valence-corrected chi connectivity index (χ4v) is 4.77. The van der Waals surface area contributed by atoms with Crippen molar-refractivity contribution in [2.75, 3.05) is 7.05 Å². The summed E-state index contributed by atoms with van der Waals surface area (Å²) in [4.78, 5) is 33.2. The molecule has 35 heavy (non-hydrogen) atoms. The lowest BCUT2D eigenvalue weighted by atomic mass is 9.85. The summed E-state index contributed by atoms with van der Waals surface area (Å²) in [5, 5.41) is 8.46. The summed E-state index contributed by atoms with van der Waals surface area (Å²) in [5.41, 5.74) is 4.35. The number of pyridine rings is 1. The van der Waals surface area contributed by atoms with E-state index in [0.29, 0.717) is 17.6 Å². The molecule has 0 unspecified atom stereocenters. The van der Waals surface area contributed by atoms with E-state index in [4.69, 9.17) is 0 Å². The van der Waals surface area contributed by atoms with E-state index in [1.54, 1.807) is 19.6 Å². The molecule has 1 saturated carbocycles. The zero-order valence-corrected chi connectivity index (χ0v) is 20.7. The average molecular weight is 481 g/mol. The maximum atomic E-state index is 14.9. The SMILES string of the molecule is CNC(=O)N[C@@H]1CCC[C@H](C(=O)NCc2cc(-c3cc(F)c4ncn(C(C)C)c4c3)c(C)cn2)C1. The van der Waals surface area contributed by atoms with E-state index in [-0.39, 0.29) is 42.3 Å². The predicted molar refractivity (Wildman–Crippen MR) is 133 cm³/mol. The zero-order chi connectivity index (χ0) is 25.1. The summed E-state index contributed by atoms with van der Waals surface area (Å²) in [6, 6.07) is 5.30. The van der Waals surface area contributed by atoms with Crippen LogP contribution >= 0.6 is 0 Å². The molecule has 9 heteroatoms. The van der Waals surface area contributed by atoms with Gasteiger partial charge in [0.05, 0.1) is 24.1 Å². The summed E-state index contributed by atoms with van der Waals surface area (Å²) in [5.74, 6) is -0.547. The first-order valence-electron chi connectivity index (χ1n) is 12.1.